The molecule has 0 aromatic carbocycles. The fourth-order valence-corrected chi connectivity index (χ4v) is 2.00. The topological polar surface area (TPSA) is 111 Å². The van der Waals surface area contributed by atoms with E-state index in [1.165, 1.54) is 4.57 Å². The van der Waals surface area contributed by atoms with Gasteiger partial charge in [-0.2, -0.15) is 4.98 Å². The van der Waals surface area contributed by atoms with Crippen LogP contribution < -0.4 is 22.3 Å². The van der Waals surface area contributed by atoms with Crippen LogP contribution in [0.15, 0.2) is 9.59 Å². The van der Waals surface area contributed by atoms with E-state index in [4.69, 9.17) is 5.73 Å². The van der Waals surface area contributed by atoms with Gasteiger partial charge in [-0.1, -0.05) is 0 Å². The number of H-pyrrole nitrogens is 1. The molecule has 4 N–H and O–H groups in total. The van der Waals surface area contributed by atoms with Crippen molar-refractivity contribution in [3.05, 3.63) is 20.8 Å². The fraction of sp³-hybridized carbons (Fsp3) is 0.545. The molecular weight excluding hydrogens is 248 g/mol. The Morgan fingerprint density at radius 2 is 2.16 bits per heavy atom. The van der Waals surface area contributed by atoms with Crippen LogP contribution in [-0.4, -0.2) is 32.2 Å². The molecule has 0 aliphatic carbocycles. The average Bonchev–Trinajstić information content (AvgIpc) is 2.68. The molecule has 0 amide bonds. The summed E-state index contributed by atoms with van der Waals surface area (Å²) in [6.07, 6.45) is 0.806. The van der Waals surface area contributed by atoms with Gasteiger partial charge in [0.25, 0.3) is 5.56 Å². The molecule has 0 spiro atoms. The quantitative estimate of drug-likeness (QED) is 0.614. The second-order valence-corrected chi connectivity index (χ2v) is 4.24. The van der Waals surface area contributed by atoms with Gasteiger partial charge in [0, 0.05) is 20.1 Å². The maximum atomic E-state index is 11.9. The lowest BCUT2D eigenvalue weighted by atomic mass is 10.4. The number of hydrogen-bond donors (Lipinski definition) is 3. The molecule has 8 nitrogen and oxygen atoms in total. The molecule has 2 aromatic rings. The van der Waals surface area contributed by atoms with Crippen molar-refractivity contribution in [3.8, 4) is 0 Å². The standard InChI is InChI=1S/C11H18N6O2/c1-3-17-8-7(9(18)15-11(17)19)16(2)10(14-8)13-6-4-5-12/h3-6,12H2,1-2H3,(H,13,14)(H,15,18,19). The van der Waals surface area contributed by atoms with Crippen LogP contribution in [0, 0.1) is 0 Å². The molecule has 0 saturated carbocycles. The highest BCUT2D eigenvalue weighted by molar-refractivity contribution is 5.73. The largest absolute Gasteiger partial charge is 0.356 e. The zero-order valence-electron chi connectivity index (χ0n) is 11.1. The second-order valence-electron chi connectivity index (χ2n) is 4.24. The number of aromatic amines is 1. The van der Waals surface area contributed by atoms with Crippen molar-refractivity contribution in [2.24, 2.45) is 12.8 Å². The number of nitrogens with zero attached hydrogens (tertiary/aromatic N) is 3. The Morgan fingerprint density at radius 3 is 2.79 bits per heavy atom. The fourth-order valence-electron chi connectivity index (χ4n) is 2.00. The molecule has 0 fully saturated rings. The van der Waals surface area contributed by atoms with E-state index in [1.807, 2.05) is 6.92 Å². The van der Waals surface area contributed by atoms with E-state index < -0.39 is 11.2 Å². The van der Waals surface area contributed by atoms with E-state index in [-0.39, 0.29) is 0 Å². The van der Waals surface area contributed by atoms with Gasteiger partial charge in [-0.15, -0.1) is 0 Å². The third-order valence-corrected chi connectivity index (χ3v) is 2.99. The molecular formula is C11H18N6O2. The lowest BCUT2D eigenvalue weighted by Gasteiger charge is -2.04. The number of hydrogen-bond acceptors (Lipinski definition) is 5. The van der Waals surface area contributed by atoms with Gasteiger partial charge in [-0.3, -0.25) is 14.3 Å². The van der Waals surface area contributed by atoms with Crippen LogP contribution >= 0.6 is 0 Å². The summed E-state index contributed by atoms with van der Waals surface area (Å²) in [6, 6.07) is 0. The first-order valence-electron chi connectivity index (χ1n) is 6.23. The maximum absolute atomic E-state index is 11.9. The summed E-state index contributed by atoms with van der Waals surface area (Å²) >= 11 is 0. The number of imidazole rings is 1. The number of aryl methyl sites for hydroxylation is 2. The number of nitrogens with two attached hydrogens (primary N) is 1. The van der Waals surface area contributed by atoms with Crippen LogP contribution in [-0.2, 0) is 13.6 Å². The van der Waals surface area contributed by atoms with E-state index >= 15 is 0 Å². The molecule has 0 unspecified atom stereocenters. The number of rotatable bonds is 5. The van der Waals surface area contributed by atoms with E-state index in [0.717, 1.165) is 6.42 Å². The van der Waals surface area contributed by atoms with Gasteiger partial charge < -0.3 is 15.6 Å². The number of nitrogens with one attached hydrogen (secondary N) is 2. The lowest BCUT2D eigenvalue weighted by molar-refractivity contribution is 0.719. The minimum absolute atomic E-state index is 0.386. The van der Waals surface area contributed by atoms with Crippen LogP contribution in [0.4, 0.5) is 5.95 Å². The summed E-state index contributed by atoms with van der Waals surface area (Å²) in [6.45, 7) is 3.53. The van der Waals surface area contributed by atoms with Gasteiger partial charge in [0.15, 0.2) is 11.2 Å². The van der Waals surface area contributed by atoms with Gasteiger partial charge >= 0.3 is 5.69 Å². The van der Waals surface area contributed by atoms with Crippen molar-refractivity contribution in [1.82, 2.24) is 19.1 Å². The number of anilines is 1. The SMILES string of the molecule is CCn1c(=O)[nH]c(=O)c2c1nc(NCCCN)n2C. The molecule has 2 heterocycles. The molecule has 2 aromatic heterocycles. The summed E-state index contributed by atoms with van der Waals surface area (Å²) in [5, 5.41) is 3.10. The van der Waals surface area contributed by atoms with Crippen LogP contribution in [0.2, 0.25) is 0 Å². The third-order valence-electron chi connectivity index (χ3n) is 2.99. The highest BCUT2D eigenvalue weighted by Crippen LogP contribution is 2.13. The molecule has 0 atom stereocenters. The lowest BCUT2D eigenvalue weighted by Crippen LogP contribution is -2.30. The van der Waals surface area contributed by atoms with Crippen molar-refractivity contribution in [2.45, 2.75) is 19.9 Å². The molecule has 0 saturated heterocycles. The van der Waals surface area contributed by atoms with Crippen molar-refractivity contribution in [2.75, 3.05) is 18.4 Å². The molecule has 0 bridgehead atoms. The Morgan fingerprint density at radius 1 is 1.42 bits per heavy atom. The van der Waals surface area contributed by atoms with Crippen LogP contribution in [0.5, 0.6) is 0 Å². The van der Waals surface area contributed by atoms with E-state index in [0.29, 0.717) is 36.7 Å². The molecule has 104 valence electrons. The highest BCUT2D eigenvalue weighted by atomic mass is 16.2. The second kappa shape index (κ2) is 5.27. The van der Waals surface area contributed by atoms with Crippen molar-refractivity contribution >= 4 is 17.1 Å². The Kier molecular flexibility index (Phi) is 3.70. The van der Waals surface area contributed by atoms with Gasteiger partial charge in [-0.05, 0) is 19.9 Å². The third kappa shape index (κ3) is 2.26. The monoisotopic (exact) mass is 266 g/mol. The summed E-state index contributed by atoms with van der Waals surface area (Å²) in [4.78, 5) is 30.2. The van der Waals surface area contributed by atoms with Crippen LogP contribution in [0.3, 0.4) is 0 Å². The zero-order valence-corrected chi connectivity index (χ0v) is 11.1. The van der Waals surface area contributed by atoms with Crippen LogP contribution in [0.25, 0.3) is 11.2 Å². The van der Waals surface area contributed by atoms with Gasteiger partial charge in [0.1, 0.15) is 0 Å². The Bertz CT molecular complexity index is 695. The number of aromatic nitrogens is 4. The predicted molar refractivity (Wildman–Crippen MR) is 73.4 cm³/mol. The molecule has 8 heteroatoms. The minimum atomic E-state index is -0.438. The molecule has 0 aliphatic rings. The smallest absolute Gasteiger partial charge is 0.330 e. The van der Waals surface area contributed by atoms with Crippen molar-refractivity contribution in [3.63, 3.8) is 0 Å². The Labute approximate surface area is 109 Å². The van der Waals surface area contributed by atoms with Crippen molar-refractivity contribution in [1.29, 1.82) is 0 Å². The minimum Gasteiger partial charge on any atom is -0.356 e. The maximum Gasteiger partial charge on any atom is 0.330 e. The van der Waals surface area contributed by atoms with Gasteiger partial charge in [-0.25, -0.2) is 4.79 Å². The highest BCUT2D eigenvalue weighted by Gasteiger charge is 2.15. The summed E-state index contributed by atoms with van der Waals surface area (Å²) in [5.74, 6) is 0.557. The molecule has 19 heavy (non-hydrogen) atoms. The summed E-state index contributed by atoms with van der Waals surface area (Å²) in [7, 11) is 1.74. The Hall–Kier alpha value is -2.09. The molecule has 2 rings (SSSR count). The molecule has 0 aliphatic heterocycles. The van der Waals surface area contributed by atoms with E-state index in [1.54, 1.807) is 11.6 Å². The first-order chi connectivity index (χ1) is 9.10. The normalized spacial score (nSPS) is 11.1. The zero-order chi connectivity index (χ0) is 14.0. The summed E-state index contributed by atoms with van der Waals surface area (Å²) < 4.78 is 3.08. The molecule has 0 radical (unpaired) electrons. The first-order valence-corrected chi connectivity index (χ1v) is 6.23. The predicted octanol–water partition coefficient (Wildman–Crippen LogP) is -0.796. The first kappa shape index (κ1) is 13.3. The Balaban J connectivity index is 2.59. The van der Waals surface area contributed by atoms with Crippen molar-refractivity contribution < 1.29 is 0 Å². The van der Waals surface area contributed by atoms with E-state index in [2.05, 4.69) is 15.3 Å². The van der Waals surface area contributed by atoms with E-state index in [9.17, 15) is 9.59 Å². The summed E-state index contributed by atoms with van der Waals surface area (Å²) in [5.41, 5.74) is 5.35. The van der Waals surface area contributed by atoms with Gasteiger partial charge in [0.2, 0.25) is 5.95 Å². The average molecular weight is 266 g/mol. The van der Waals surface area contributed by atoms with Crippen LogP contribution in [0.1, 0.15) is 13.3 Å². The van der Waals surface area contributed by atoms with Gasteiger partial charge in [0.05, 0.1) is 0 Å². The number of fused-ring (bicyclic) bond motifs is 1.